The topological polar surface area (TPSA) is 29.5 Å². The van der Waals surface area contributed by atoms with E-state index >= 15 is 0 Å². The van der Waals surface area contributed by atoms with Crippen LogP contribution in [0.1, 0.15) is 12.5 Å². The number of methoxy groups -OCH3 is 1. The van der Waals surface area contributed by atoms with Gasteiger partial charge in [-0.3, -0.25) is 4.79 Å². The first-order valence-corrected chi connectivity index (χ1v) is 6.51. The molecule has 0 spiro atoms. The Morgan fingerprint density at radius 1 is 1.39 bits per heavy atom. The Balaban J connectivity index is 2.08. The second-order valence-corrected chi connectivity index (χ2v) is 5.94. The quantitative estimate of drug-likeness (QED) is 0.800. The van der Waals surface area contributed by atoms with Gasteiger partial charge in [-0.2, -0.15) is 0 Å². The van der Waals surface area contributed by atoms with Gasteiger partial charge in [0.1, 0.15) is 5.75 Å². The zero-order valence-electron chi connectivity index (χ0n) is 10.3. The second kappa shape index (κ2) is 4.98. The molecule has 1 aromatic rings. The van der Waals surface area contributed by atoms with Crippen molar-refractivity contribution in [2.75, 3.05) is 13.7 Å². The van der Waals surface area contributed by atoms with Crippen LogP contribution in [0.3, 0.4) is 0 Å². The maximum atomic E-state index is 12.0. The molecule has 0 saturated carbocycles. The minimum Gasteiger partial charge on any atom is -0.497 e. The fraction of sp³-hybridized carbons (Fsp3) is 0.462. The Labute approximate surface area is 117 Å². The SMILES string of the molecule is COc1ccc(CN2CC(C)C(Cl)(Cl)C2=O)cc1. The third-order valence-corrected chi connectivity index (χ3v) is 4.29. The normalized spacial score (nSPS) is 22.3. The van der Waals surface area contributed by atoms with Gasteiger partial charge in [-0.05, 0) is 17.7 Å². The summed E-state index contributed by atoms with van der Waals surface area (Å²) < 4.78 is 3.80. The van der Waals surface area contributed by atoms with Crippen molar-refractivity contribution in [3.05, 3.63) is 29.8 Å². The van der Waals surface area contributed by atoms with E-state index in [9.17, 15) is 4.79 Å². The number of ether oxygens (including phenoxy) is 1. The first-order chi connectivity index (χ1) is 8.45. The average Bonchev–Trinajstić information content (AvgIpc) is 2.54. The Morgan fingerprint density at radius 2 is 2.00 bits per heavy atom. The van der Waals surface area contributed by atoms with Gasteiger partial charge in [0, 0.05) is 19.0 Å². The summed E-state index contributed by atoms with van der Waals surface area (Å²) in [5.41, 5.74) is 1.03. The Kier molecular flexibility index (Phi) is 3.74. The predicted molar refractivity (Wildman–Crippen MR) is 72.0 cm³/mol. The number of hydrogen-bond acceptors (Lipinski definition) is 2. The van der Waals surface area contributed by atoms with Gasteiger partial charge in [0.2, 0.25) is 0 Å². The number of carbonyl (C=O) groups excluding carboxylic acids is 1. The molecule has 5 heteroatoms. The smallest absolute Gasteiger partial charge is 0.259 e. The van der Waals surface area contributed by atoms with Crippen molar-refractivity contribution >= 4 is 29.1 Å². The van der Waals surface area contributed by atoms with E-state index in [1.807, 2.05) is 31.2 Å². The van der Waals surface area contributed by atoms with Gasteiger partial charge in [0.25, 0.3) is 5.91 Å². The highest BCUT2D eigenvalue weighted by atomic mass is 35.5. The lowest BCUT2D eigenvalue weighted by molar-refractivity contribution is -0.128. The summed E-state index contributed by atoms with van der Waals surface area (Å²) in [6.45, 7) is 2.98. The molecule has 1 aromatic carbocycles. The number of halogens is 2. The summed E-state index contributed by atoms with van der Waals surface area (Å²) in [5, 5.41) is 0. The number of carbonyl (C=O) groups is 1. The van der Waals surface area contributed by atoms with E-state index < -0.39 is 4.33 Å². The largest absolute Gasteiger partial charge is 0.497 e. The van der Waals surface area contributed by atoms with Gasteiger partial charge in [-0.1, -0.05) is 42.3 Å². The van der Waals surface area contributed by atoms with Crippen LogP contribution in [0.4, 0.5) is 0 Å². The maximum absolute atomic E-state index is 12.0. The Hall–Kier alpha value is -0.930. The highest BCUT2D eigenvalue weighted by Gasteiger charge is 2.49. The highest BCUT2D eigenvalue weighted by Crippen LogP contribution is 2.39. The van der Waals surface area contributed by atoms with E-state index in [4.69, 9.17) is 27.9 Å². The lowest BCUT2D eigenvalue weighted by Crippen LogP contribution is -2.32. The molecule has 18 heavy (non-hydrogen) atoms. The van der Waals surface area contributed by atoms with Crippen LogP contribution >= 0.6 is 23.2 Å². The molecule has 0 N–H and O–H groups in total. The molecule has 1 unspecified atom stereocenters. The molecule has 1 aliphatic heterocycles. The molecule has 0 aliphatic carbocycles. The summed E-state index contributed by atoms with van der Waals surface area (Å²) in [7, 11) is 1.62. The summed E-state index contributed by atoms with van der Waals surface area (Å²) in [6.07, 6.45) is 0. The van der Waals surface area contributed by atoms with Gasteiger partial charge in [-0.15, -0.1) is 0 Å². The van der Waals surface area contributed by atoms with Crippen molar-refractivity contribution in [3.8, 4) is 5.75 Å². The van der Waals surface area contributed by atoms with Crippen LogP contribution in [0.2, 0.25) is 0 Å². The average molecular weight is 288 g/mol. The standard InChI is InChI=1S/C13H15Cl2NO2/c1-9-7-16(12(17)13(9,14)15)8-10-3-5-11(18-2)6-4-10/h3-6,9H,7-8H2,1-2H3. The molecule has 1 heterocycles. The monoisotopic (exact) mass is 287 g/mol. The van der Waals surface area contributed by atoms with Gasteiger partial charge < -0.3 is 9.64 Å². The van der Waals surface area contributed by atoms with Crippen LogP contribution < -0.4 is 4.74 Å². The first kappa shape index (κ1) is 13.5. The molecule has 1 fully saturated rings. The third kappa shape index (κ3) is 2.43. The number of hydrogen-bond donors (Lipinski definition) is 0. The van der Waals surface area contributed by atoms with E-state index in [-0.39, 0.29) is 11.8 Å². The van der Waals surface area contributed by atoms with Crippen molar-refractivity contribution in [3.63, 3.8) is 0 Å². The molecule has 2 rings (SSSR count). The molecule has 0 bridgehead atoms. The minimum absolute atomic E-state index is 0.0634. The lowest BCUT2D eigenvalue weighted by atomic mass is 10.1. The summed E-state index contributed by atoms with van der Waals surface area (Å²) in [6, 6.07) is 7.60. The zero-order chi connectivity index (χ0) is 13.3. The van der Waals surface area contributed by atoms with Crippen LogP contribution in [-0.2, 0) is 11.3 Å². The van der Waals surface area contributed by atoms with Gasteiger partial charge in [-0.25, -0.2) is 0 Å². The minimum atomic E-state index is -1.29. The van der Waals surface area contributed by atoms with Crippen molar-refractivity contribution in [1.29, 1.82) is 0 Å². The van der Waals surface area contributed by atoms with Crippen molar-refractivity contribution in [2.24, 2.45) is 5.92 Å². The molecular formula is C13H15Cl2NO2. The van der Waals surface area contributed by atoms with E-state index in [2.05, 4.69) is 0 Å². The molecule has 0 aromatic heterocycles. The van der Waals surface area contributed by atoms with Crippen LogP contribution in [0.25, 0.3) is 0 Å². The molecule has 1 atom stereocenters. The van der Waals surface area contributed by atoms with Crippen LogP contribution in [-0.4, -0.2) is 28.8 Å². The van der Waals surface area contributed by atoms with Crippen LogP contribution in [0, 0.1) is 5.92 Å². The fourth-order valence-corrected chi connectivity index (χ4v) is 2.41. The molecule has 3 nitrogen and oxygen atoms in total. The number of alkyl halides is 2. The number of likely N-dealkylation sites (tertiary alicyclic amines) is 1. The van der Waals surface area contributed by atoms with Crippen molar-refractivity contribution in [2.45, 2.75) is 17.8 Å². The van der Waals surface area contributed by atoms with Crippen molar-refractivity contribution < 1.29 is 9.53 Å². The predicted octanol–water partition coefficient (Wildman–Crippen LogP) is 2.85. The Bertz CT molecular complexity index is 445. The molecule has 1 amide bonds. The van der Waals surface area contributed by atoms with Gasteiger partial charge in [0.15, 0.2) is 4.33 Å². The molecule has 1 saturated heterocycles. The highest BCUT2D eigenvalue weighted by molar-refractivity contribution is 6.58. The number of benzene rings is 1. The molecule has 98 valence electrons. The number of amides is 1. The van der Waals surface area contributed by atoms with E-state index in [1.54, 1.807) is 12.0 Å². The summed E-state index contributed by atoms with van der Waals surface area (Å²) in [4.78, 5) is 13.7. The fourth-order valence-electron chi connectivity index (χ4n) is 2.04. The van der Waals surface area contributed by atoms with E-state index in [0.29, 0.717) is 13.1 Å². The van der Waals surface area contributed by atoms with Crippen LogP contribution in [0.15, 0.2) is 24.3 Å². The molecular weight excluding hydrogens is 273 g/mol. The van der Waals surface area contributed by atoms with E-state index in [1.165, 1.54) is 0 Å². The third-order valence-electron chi connectivity index (χ3n) is 3.22. The molecule has 0 radical (unpaired) electrons. The van der Waals surface area contributed by atoms with Crippen molar-refractivity contribution in [1.82, 2.24) is 4.90 Å². The molecule has 1 aliphatic rings. The lowest BCUT2D eigenvalue weighted by Gasteiger charge is -2.17. The van der Waals surface area contributed by atoms with Gasteiger partial charge >= 0.3 is 0 Å². The Morgan fingerprint density at radius 3 is 2.44 bits per heavy atom. The summed E-state index contributed by atoms with van der Waals surface area (Å²) >= 11 is 12.1. The second-order valence-electron chi connectivity index (χ2n) is 4.56. The summed E-state index contributed by atoms with van der Waals surface area (Å²) in [5.74, 6) is 0.518. The van der Waals surface area contributed by atoms with Gasteiger partial charge in [0.05, 0.1) is 7.11 Å². The number of rotatable bonds is 3. The number of nitrogens with zero attached hydrogens (tertiary/aromatic N) is 1. The van der Waals surface area contributed by atoms with Crippen LogP contribution in [0.5, 0.6) is 5.75 Å². The zero-order valence-corrected chi connectivity index (χ0v) is 11.8. The van der Waals surface area contributed by atoms with E-state index in [0.717, 1.165) is 11.3 Å². The maximum Gasteiger partial charge on any atom is 0.259 e. The first-order valence-electron chi connectivity index (χ1n) is 5.75.